The number of ketones is 1. The number of hydrogen-bond donors (Lipinski definition) is 2. The van der Waals surface area contributed by atoms with Gasteiger partial charge < -0.3 is 24.5 Å². The number of carbonyl (C=O) groups is 2. The summed E-state index contributed by atoms with van der Waals surface area (Å²) in [6.45, 7) is 5.51. The van der Waals surface area contributed by atoms with Crippen molar-refractivity contribution in [1.29, 1.82) is 0 Å². The Kier molecular flexibility index (Phi) is 9.15. The van der Waals surface area contributed by atoms with Gasteiger partial charge in [-0.3, -0.25) is 4.79 Å². The van der Waals surface area contributed by atoms with E-state index in [0.717, 1.165) is 55.6 Å². The first-order valence-corrected chi connectivity index (χ1v) is 14.3. The van der Waals surface area contributed by atoms with Gasteiger partial charge in [0.05, 0.1) is 36.2 Å². The van der Waals surface area contributed by atoms with Crippen LogP contribution in [0.4, 0.5) is 5.69 Å². The molecule has 0 aliphatic carbocycles. The number of nitrogens with one attached hydrogen (secondary N) is 1. The number of likely N-dealkylation sites (tertiary alicyclic amines) is 1. The monoisotopic (exact) mass is 567 g/mol. The number of aromatic hydroxyl groups is 1. The van der Waals surface area contributed by atoms with Crippen LogP contribution >= 0.6 is 0 Å². The highest BCUT2D eigenvalue weighted by Crippen LogP contribution is 2.33. The Bertz CT molecular complexity index is 1580. The number of benzene rings is 3. The van der Waals surface area contributed by atoms with Crippen molar-refractivity contribution in [3.8, 4) is 5.88 Å². The average Bonchev–Trinajstić information content (AvgIpc) is 3.33. The molecule has 0 spiro atoms. The van der Waals surface area contributed by atoms with Crippen LogP contribution in [-0.2, 0) is 9.47 Å². The van der Waals surface area contributed by atoms with E-state index in [0.29, 0.717) is 45.9 Å². The number of aromatic nitrogens is 1. The van der Waals surface area contributed by atoms with Crippen LogP contribution in [0, 0.1) is 12.8 Å². The number of nitrogens with zero attached hydrogens (tertiary/aromatic N) is 2. The summed E-state index contributed by atoms with van der Waals surface area (Å²) in [5, 5.41) is 11.8. The minimum Gasteiger partial charge on any atom is -0.494 e. The minimum atomic E-state index is -0.441. The van der Waals surface area contributed by atoms with Gasteiger partial charge in [-0.15, -0.1) is 0 Å². The summed E-state index contributed by atoms with van der Waals surface area (Å²) in [4.78, 5) is 35.7. The molecule has 2 N–H and O–H groups in total. The lowest BCUT2D eigenvalue weighted by molar-refractivity contribution is 0.0600. The largest absolute Gasteiger partial charge is 0.494 e. The zero-order valence-electron chi connectivity index (χ0n) is 24.4. The fraction of sp³-hybridized carbons (Fsp3) is 0.324. The molecule has 218 valence electrons. The summed E-state index contributed by atoms with van der Waals surface area (Å²) < 4.78 is 10.1. The molecule has 1 saturated heterocycles. The lowest BCUT2D eigenvalue weighted by atomic mass is 9.90. The van der Waals surface area contributed by atoms with E-state index in [1.54, 1.807) is 13.2 Å². The summed E-state index contributed by atoms with van der Waals surface area (Å²) in [5.74, 6) is 0.0558. The van der Waals surface area contributed by atoms with Crippen molar-refractivity contribution < 1.29 is 24.2 Å². The first-order valence-electron chi connectivity index (χ1n) is 14.3. The normalized spacial score (nSPS) is 14.8. The summed E-state index contributed by atoms with van der Waals surface area (Å²) in [5.41, 5.74) is 5.02. The number of aromatic amines is 1. The molecule has 5 rings (SSSR count). The standard InChI is InChI=1S/C34H37N3O5/c1-22-19-28-29(21-27(22)34(40)42-3)36-33(39)31(28)32(25-7-5-4-6-8-25)35-26-11-9-24(10-12-26)30(38)20-23-13-15-37(16-14-23)17-18-41-2/h4-12,19,21,23,36,39H,13-18,20H2,1-3H3. The lowest BCUT2D eigenvalue weighted by Gasteiger charge is -2.31. The third kappa shape index (κ3) is 6.45. The Morgan fingerprint density at radius 2 is 1.71 bits per heavy atom. The minimum absolute atomic E-state index is 0.0471. The maximum atomic E-state index is 13.1. The van der Waals surface area contributed by atoms with E-state index in [-0.39, 0.29) is 11.7 Å². The molecule has 8 heteroatoms. The van der Waals surface area contributed by atoms with Gasteiger partial charge in [0, 0.05) is 42.1 Å². The highest BCUT2D eigenvalue weighted by atomic mass is 16.5. The second-order valence-electron chi connectivity index (χ2n) is 10.8. The van der Waals surface area contributed by atoms with Crippen molar-refractivity contribution in [3.63, 3.8) is 0 Å². The van der Waals surface area contributed by atoms with Crippen molar-refractivity contribution >= 4 is 34.1 Å². The van der Waals surface area contributed by atoms with E-state index in [1.165, 1.54) is 7.11 Å². The number of H-pyrrole nitrogens is 1. The fourth-order valence-corrected chi connectivity index (χ4v) is 5.63. The van der Waals surface area contributed by atoms with Gasteiger partial charge in [-0.05, 0) is 80.7 Å². The number of fused-ring (bicyclic) bond motifs is 1. The van der Waals surface area contributed by atoms with Gasteiger partial charge in [0.1, 0.15) is 0 Å². The van der Waals surface area contributed by atoms with Crippen molar-refractivity contribution in [1.82, 2.24) is 9.88 Å². The maximum absolute atomic E-state index is 13.1. The molecule has 0 saturated carbocycles. The third-order valence-corrected chi connectivity index (χ3v) is 8.04. The van der Waals surface area contributed by atoms with Crippen molar-refractivity contribution in [3.05, 3.63) is 94.5 Å². The molecule has 8 nitrogen and oxygen atoms in total. The fourth-order valence-electron chi connectivity index (χ4n) is 5.63. The summed E-state index contributed by atoms with van der Waals surface area (Å²) >= 11 is 0. The number of esters is 1. The second kappa shape index (κ2) is 13.1. The van der Waals surface area contributed by atoms with Crippen LogP contribution in [0.1, 0.15) is 56.7 Å². The summed E-state index contributed by atoms with van der Waals surface area (Å²) in [6, 6.07) is 20.5. The molecule has 1 aliphatic rings. The molecule has 3 aromatic carbocycles. The lowest BCUT2D eigenvalue weighted by Crippen LogP contribution is -2.36. The number of hydrogen-bond acceptors (Lipinski definition) is 7. The Hall–Kier alpha value is -4.27. The molecule has 0 amide bonds. The molecule has 1 aliphatic heterocycles. The van der Waals surface area contributed by atoms with Crippen LogP contribution in [0.25, 0.3) is 10.9 Å². The first kappa shape index (κ1) is 29.2. The number of Topliss-reactive ketones (excluding diaryl/α,β-unsaturated/α-hetero) is 1. The number of aryl methyl sites for hydroxylation is 1. The number of piperidine rings is 1. The predicted octanol–water partition coefficient (Wildman–Crippen LogP) is 6.07. The van der Waals surface area contributed by atoms with Gasteiger partial charge >= 0.3 is 5.97 Å². The number of aliphatic imine (C=N–C) groups is 1. The first-order chi connectivity index (χ1) is 20.4. The molecule has 0 bridgehead atoms. The molecule has 0 atom stereocenters. The van der Waals surface area contributed by atoms with E-state index in [1.807, 2.05) is 67.6 Å². The molecule has 0 unspecified atom stereocenters. The highest BCUT2D eigenvalue weighted by Gasteiger charge is 2.23. The summed E-state index contributed by atoms with van der Waals surface area (Å²) in [6.07, 6.45) is 2.59. The molecule has 2 heterocycles. The van der Waals surface area contributed by atoms with Crippen molar-refractivity contribution in [2.75, 3.05) is 40.5 Å². The Morgan fingerprint density at radius 3 is 2.38 bits per heavy atom. The molecule has 1 aromatic heterocycles. The van der Waals surface area contributed by atoms with Crippen LogP contribution in [0.3, 0.4) is 0 Å². The predicted molar refractivity (Wildman–Crippen MR) is 164 cm³/mol. The molecule has 0 radical (unpaired) electrons. The highest BCUT2D eigenvalue weighted by molar-refractivity contribution is 6.22. The zero-order chi connectivity index (χ0) is 29.6. The van der Waals surface area contributed by atoms with Gasteiger partial charge in [-0.1, -0.05) is 30.3 Å². The Balaban J connectivity index is 1.41. The third-order valence-electron chi connectivity index (χ3n) is 8.04. The number of ether oxygens (including phenoxy) is 2. The zero-order valence-corrected chi connectivity index (χ0v) is 24.4. The van der Waals surface area contributed by atoms with Gasteiger partial charge in [0.15, 0.2) is 11.7 Å². The molecular weight excluding hydrogens is 530 g/mol. The molecule has 1 fully saturated rings. The van der Waals surface area contributed by atoms with Crippen LogP contribution in [0.15, 0.2) is 71.7 Å². The number of rotatable bonds is 10. The van der Waals surface area contributed by atoms with Crippen LogP contribution < -0.4 is 0 Å². The van der Waals surface area contributed by atoms with E-state index < -0.39 is 5.97 Å². The SMILES string of the molecule is COCCN1CCC(CC(=O)c2ccc(N=C(c3ccccc3)c3c(O)[nH]c4cc(C(=O)OC)c(C)cc34)cc2)CC1. The van der Waals surface area contributed by atoms with Gasteiger partial charge in [-0.25, -0.2) is 9.79 Å². The van der Waals surface area contributed by atoms with Crippen molar-refractivity contribution in [2.24, 2.45) is 10.9 Å². The molecule has 42 heavy (non-hydrogen) atoms. The van der Waals surface area contributed by atoms with Gasteiger partial charge in [0.2, 0.25) is 0 Å². The van der Waals surface area contributed by atoms with Crippen LogP contribution in [0.2, 0.25) is 0 Å². The Labute approximate surface area is 246 Å². The van der Waals surface area contributed by atoms with E-state index in [2.05, 4.69) is 9.88 Å². The average molecular weight is 568 g/mol. The van der Waals surface area contributed by atoms with E-state index in [4.69, 9.17) is 14.5 Å². The Morgan fingerprint density at radius 1 is 1.00 bits per heavy atom. The van der Waals surface area contributed by atoms with Crippen LogP contribution in [0.5, 0.6) is 5.88 Å². The maximum Gasteiger partial charge on any atom is 0.338 e. The number of carbonyl (C=O) groups excluding carboxylic acids is 2. The molecule has 4 aromatic rings. The van der Waals surface area contributed by atoms with Crippen molar-refractivity contribution in [2.45, 2.75) is 26.2 Å². The second-order valence-corrected chi connectivity index (χ2v) is 10.8. The topological polar surface area (TPSA) is 104 Å². The quantitative estimate of drug-likeness (QED) is 0.137. The number of methoxy groups -OCH3 is 2. The summed E-state index contributed by atoms with van der Waals surface area (Å²) in [7, 11) is 3.07. The van der Waals surface area contributed by atoms with E-state index >= 15 is 0 Å². The smallest absolute Gasteiger partial charge is 0.338 e. The van der Waals surface area contributed by atoms with Gasteiger partial charge in [-0.2, -0.15) is 0 Å². The van der Waals surface area contributed by atoms with Gasteiger partial charge in [0.25, 0.3) is 0 Å². The van der Waals surface area contributed by atoms with Crippen LogP contribution in [-0.4, -0.2) is 72.9 Å². The molecular formula is C34H37N3O5. The van der Waals surface area contributed by atoms with E-state index in [9.17, 15) is 14.7 Å².